The third kappa shape index (κ3) is 4.14. The minimum atomic E-state index is -0.0983. The van der Waals surface area contributed by atoms with Crippen molar-refractivity contribution in [2.24, 2.45) is 7.05 Å². The van der Waals surface area contributed by atoms with Gasteiger partial charge in [0, 0.05) is 34.5 Å². The SMILES string of the molecule is Cc1nn(C)c(C)c1[C@H](C)NC(=O)c1ccc(SCCO)cc1. The highest BCUT2D eigenvalue weighted by Crippen LogP contribution is 2.22. The zero-order chi connectivity index (χ0) is 17.0. The fourth-order valence-electron chi connectivity index (χ4n) is 2.63. The van der Waals surface area contributed by atoms with Gasteiger partial charge in [-0.1, -0.05) is 0 Å². The molecule has 2 N–H and O–H groups in total. The molecule has 124 valence electrons. The first-order valence-electron chi connectivity index (χ1n) is 7.58. The fourth-order valence-corrected chi connectivity index (χ4v) is 3.29. The molecule has 1 atom stereocenters. The molecule has 0 aliphatic heterocycles. The zero-order valence-corrected chi connectivity index (χ0v) is 14.8. The molecule has 0 bridgehead atoms. The van der Waals surface area contributed by atoms with Gasteiger partial charge in [0.25, 0.3) is 5.91 Å². The number of aryl methyl sites for hydroxylation is 2. The molecule has 5 nitrogen and oxygen atoms in total. The first kappa shape index (κ1) is 17.6. The lowest BCUT2D eigenvalue weighted by molar-refractivity contribution is 0.0939. The second kappa shape index (κ2) is 7.66. The van der Waals surface area contributed by atoms with Crippen molar-refractivity contribution in [1.29, 1.82) is 0 Å². The standard InChI is InChI=1S/C17H23N3O2S/c1-11(16-12(2)19-20(4)13(16)3)18-17(22)14-5-7-15(8-6-14)23-10-9-21/h5-8,11,21H,9-10H2,1-4H3,(H,18,22)/t11-/m0/s1. The number of nitrogens with one attached hydrogen (secondary N) is 1. The molecule has 1 amide bonds. The number of thioether (sulfide) groups is 1. The molecule has 23 heavy (non-hydrogen) atoms. The summed E-state index contributed by atoms with van der Waals surface area (Å²) in [4.78, 5) is 13.4. The topological polar surface area (TPSA) is 67.2 Å². The molecular weight excluding hydrogens is 310 g/mol. The second-order valence-corrected chi connectivity index (χ2v) is 6.67. The van der Waals surface area contributed by atoms with Crippen LogP contribution in [0.1, 0.15) is 40.3 Å². The summed E-state index contributed by atoms with van der Waals surface area (Å²) in [6, 6.07) is 7.33. The van der Waals surface area contributed by atoms with Crippen LogP contribution in [-0.2, 0) is 7.05 Å². The highest BCUT2D eigenvalue weighted by molar-refractivity contribution is 7.99. The Morgan fingerprint density at radius 2 is 2.00 bits per heavy atom. The van der Waals surface area contributed by atoms with E-state index in [2.05, 4.69) is 10.4 Å². The summed E-state index contributed by atoms with van der Waals surface area (Å²) in [6.07, 6.45) is 0. The van der Waals surface area contributed by atoms with Gasteiger partial charge in [0.1, 0.15) is 0 Å². The monoisotopic (exact) mass is 333 g/mol. The minimum Gasteiger partial charge on any atom is -0.396 e. The minimum absolute atomic E-state index is 0.0976. The average molecular weight is 333 g/mol. The number of hydrogen-bond donors (Lipinski definition) is 2. The summed E-state index contributed by atoms with van der Waals surface area (Å²) >= 11 is 1.57. The normalized spacial score (nSPS) is 12.2. The molecule has 0 fully saturated rings. The van der Waals surface area contributed by atoms with Gasteiger partial charge >= 0.3 is 0 Å². The number of aliphatic hydroxyl groups is 1. The lowest BCUT2D eigenvalue weighted by Crippen LogP contribution is -2.27. The van der Waals surface area contributed by atoms with Gasteiger partial charge in [-0.15, -0.1) is 11.8 Å². The van der Waals surface area contributed by atoms with Crippen molar-refractivity contribution in [2.75, 3.05) is 12.4 Å². The Morgan fingerprint density at radius 1 is 1.35 bits per heavy atom. The molecule has 0 saturated heterocycles. The van der Waals surface area contributed by atoms with Crippen LogP contribution in [0, 0.1) is 13.8 Å². The molecule has 2 aromatic rings. The van der Waals surface area contributed by atoms with Gasteiger partial charge < -0.3 is 10.4 Å². The number of carbonyl (C=O) groups is 1. The highest BCUT2D eigenvalue weighted by Gasteiger charge is 2.18. The first-order chi connectivity index (χ1) is 10.9. The van der Waals surface area contributed by atoms with E-state index in [1.54, 1.807) is 11.8 Å². The van der Waals surface area contributed by atoms with E-state index >= 15 is 0 Å². The molecule has 6 heteroatoms. The summed E-state index contributed by atoms with van der Waals surface area (Å²) in [5, 5.41) is 16.3. The zero-order valence-electron chi connectivity index (χ0n) is 14.0. The predicted octanol–water partition coefficient (Wildman–Crippen LogP) is 2.61. The van der Waals surface area contributed by atoms with Crippen LogP contribution in [0.4, 0.5) is 0 Å². The Bertz CT molecular complexity index is 680. The lowest BCUT2D eigenvalue weighted by Gasteiger charge is -2.15. The summed E-state index contributed by atoms with van der Waals surface area (Å²) < 4.78 is 1.83. The number of hydrogen-bond acceptors (Lipinski definition) is 4. The van der Waals surface area contributed by atoms with Gasteiger partial charge in [-0.3, -0.25) is 9.48 Å². The van der Waals surface area contributed by atoms with E-state index in [-0.39, 0.29) is 18.6 Å². The van der Waals surface area contributed by atoms with Crippen molar-refractivity contribution >= 4 is 17.7 Å². The van der Waals surface area contributed by atoms with Gasteiger partial charge in [-0.05, 0) is 45.0 Å². The Morgan fingerprint density at radius 3 is 2.52 bits per heavy atom. The maximum Gasteiger partial charge on any atom is 0.251 e. The largest absolute Gasteiger partial charge is 0.396 e. The lowest BCUT2D eigenvalue weighted by atomic mass is 10.1. The number of aliphatic hydroxyl groups excluding tert-OH is 1. The van der Waals surface area contributed by atoms with Crippen LogP contribution >= 0.6 is 11.8 Å². The van der Waals surface area contributed by atoms with Crippen molar-refractivity contribution in [3.8, 4) is 0 Å². The quantitative estimate of drug-likeness (QED) is 0.798. The average Bonchev–Trinajstić information content (AvgIpc) is 2.78. The van der Waals surface area contributed by atoms with Gasteiger partial charge in [0.2, 0.25) is 0 Å². The maximum absolute atomic E-state index is 12.4. The fraction of sp³-hybridized carbons (Fsp3) is 0.412. The number of nitrogens with zero attached hydrogens (tertiary/aromatic N) is 2. The van der Waals surface area contributed by atoms with Crippen molar-refractivity contribution in [3.05, 3.63) is 46.8 Å². The molecule has 0 unspecified atom stereocenters. The number of rotatable bonds is 6. The van der Waals surface area contributed by atoms with E-state index in [1.165, 1.54) is 0 Å². The summed E-state index contributed by atoms with van der Waals surface area (Å²) in [5.74, 6) is 0.557. The Hall–Kier alpha value is -1.79. The number of benzene rings is 1. The van der Waals surface area contributed by atoms with Crippen LogP contribution < -0.4 is 5.32 Å². The van der Waals surface area contributed by atoms with Crippen LogP contribution in [0.2, 0.25) is 0 Å². The van der Waals surface area contributed by atoms with Crippen LogP contribution in [-0.4, -0.2) is 33.2 Å². The van der Waals surface area contributed by atoms with Crippen molar-refractivity contribution in [1.82, 2.24) is 15.1 Å². The Labute approximate surface area is 141 Å². The molecule has 0 saturated carbocycles. The van der Waals surface area contributed by atoms with E-state index in [1.807, 2.05) is 56.8 Å². The van der Waals surface area contributed by atoms with Crippen LogP contribution in [0.3, 0.4) is 0 Å². The number of amides is 1. The van der Waals surface area contributed by atoms with E-state index < -0.39 is 0 Å². The Balaban J connectivity index is 2.06. The Kier molecular flexibility index (Phi) is 5.85. The third-order valence-electron chi connectivity index (χ3n) is 3.82. The summed E-state index contributed by atoms with van der Waals surface area (Å²) in [6.45, 7) is 6.08. The number of carbonyl (C=O) groups excluding carboxylic acids is 1. The van der Waals surface area contributed by atoms with E-state index in [0.717, 1.165) is 21.8 Å². The molecule has 1 heterocycles. The molecule has 1 aromatic carbocycles. The molecule has 0 aliphatic rings. The smallest absolute Gasteiger partial charge is 0.251 e. The summed E-state index contributed by atoms with van der Waals surface area (Å²) in [5.41, 5.74) is 3.69. The predicted molar refractivity (Wildman–Crippen MR) is 92.8 cm³/mol. The summed E-state index contributed by atoms with van der Waals surface area (Å²) in [7, 11) is 1.91. The van der Waals surface area contributed by atoms with E-state index in [4.69, 9.17) is 5.11 Å². The van der Waals surface area contributed by atoms with Crippen LogP contribution in [0.5, 0.6) is 0 Å². The second-order valence-electron chi connectivity index (χ2n) is 5.50. The van der Waals surface area contributed by atoms with Gasteiger partial charge in [-0.2, -0.15) is 5.10 Å². The van der Waals surface area contributed by atoms with Crippen LogP contribution in [0.25, 0.3) is 0 Å². The van der Waals surface area contributed by atoms with E-state index in [9.17, 15) is 4.79 Å². The van der Waals surface area contributed by atoms with Crippen molar-refractivity contribution in [3.63, 3.8) is 0 Å². The maximum atomic E-state index is 12.4. The third-order valence-corrected chi connectivity index (χ3v) is 4.81. The van der Waals surface area contributed by atoms with E-state index in [0.29, 0.717) is 11.3 Å². The van der Waals surface area contributed by atoms with Crippen LogP contribution in [0.15, 0.2) is 29.2 Å². The molecule has 2 rings (SSSR count). The first-order valence-corrected chi connectivity index (χ1v) is 8.57. The molecular formula is C17H23N3O2S. The van der Waals surface area contributed by atoms with Crippen molar-refractivity contribution < 1.29 is 9.90 Å². The number of aromatic nitrogens is 2. The van der Waals surface area contributed by atoms with Crippen molar-refractivity contribution in [2.45, 2.75) is 31.7 Å². The van der Waals surface area contributed by atoms with Gasteiger partial charge in [0.15, 0.2) is 0 Å². The molecule has 0 spiro atoms. The highest BCUT2D eigenvalue weighted by atomic mass is 32.2. The van der Waals surface area contributed by atoms with Gasteiger partial charge in [0.05, 0.1) is 18.3 Å². The van der Waals surface area contributed by atoms with Gasteiger partial charge in [-0.25, -0.2) is 0 Å². The molecule has 0 aliphatic carbocycles. The molecule has 0 radical (unpaired) electrons. The molecule has 1 aromatic heterocycles.